The Hall–Kier alpha value is -1.54. The largest absolute Gasteiger partial charge is 0.490 e. The van der Waals surface area contributed by atoms with E-state index < -0.39 is 0 Å². The van der Waals surface area contributed by atoms with Gasteiger partial charge in [0.15, 0.2) is 11.5 Å². The molecule has 0 N–H and O–H groups in total. The number of hydrogen-bond acceptors (Lipinski definition) is 5. The SMILES string of the molecule is CCOc1cc(/C=C2\SC(=S)N(CC)C2=O)c(Br)cc1OCc1ccc(Cl)cc1. The molecule has 0 aliphatic carbocycles. The third kappa shape index (κ3) is 5.34. The van der Waals surface area contributed by atoms with Crippen LogP contribution in [0.5, 0.6) is 11.5 Å². The van der Waals surface area contributed by atoms with Crippen LogP contribution in [0.2, 0.25) is 5.02 Å². The molecule has 0 atom stereocenters. The van der Waals surface area contributed by atoms with Crippen molar-refractivity contribution >= 4 is 67.8 Å². The number of nitrogens with zero attached hydrogens (tertiary/aromatic N) is 1. The van der Waals surface area contributed by atoms with E-state index in [0.29, 0.717) is 45.5 Å². The molecule has 0 radical (unpaired) electrons. The van der Waals surface area contributed by atoms with Crippen molar-refractivity contribution in [3.8, 4) is 11.5 Å². The predicted molar refractivity (Wildman–Crippen MR) is 127 cm³/mol. The highest BCUT2D eigenvalue weighted by Crippen LogP contribution is 2.38. The molecule has 0 saturated carbocycles. The van der Waals surface area contributed by atoms with E-state index in [1.54, 1.807) is 4.90 Å². The third-order valence-electron chi connectivity index (χ3n) is 4.15. The van der Waals surface area contributed by atoms with Crippen molar-refractivity contribution in [3.63, 3.8) is 0 Å². The summed E-state index contributed by atoms with van der Waals surface area (Å²) in [5.41, 5.74) is 1.82. The lowest BCUT2D eigenvalue weighted by Crippen LogP contribution is -2.27. The zero-order valence-corrected chi connectivity index (χ0v) is 19.9. The van der Waals surface area contributed by atoms with Gasteiger partial charge in [-0.05, 0) is 55.3 Å². The molecule has 0 spiro atoms. The lowest BCUT2D eigenvalue weighted by atomic mass is 10.1. The second kappa shape index (κ2) is 9.98. The van der Waals surface area contributed by atoms with Crippen molar-refractivity contribution in [1.82, 2.24) is 4.90 Å². The second-order valence-corrected chi connectivity index (χ2v) is 9.06. The van der Waals surface area contributed by atoms with Gasteiger partial charge in [-0.2, -0.15) is 0 Å². The quantitative estimate of drug-likeness (QED) is 0.321. The molecule has 0 unspecified atom stereocenters. The molecule has 8 heteroatoms. The maximum Gasteiger partial charge on any atom is 0.266 e. The highest BCUT2D eigenvalue weighted by molar-refractivity contribution is 9.10. The van der Waals surface area contributed by atoms with E-state index in [1.807, 2.05) is 56.3 Å². The fraction of sp³-hybridized carbons (Fsp3) is 0.238. The van der Waals surface area contributed by atoms with Crippen LogP contribution in [0.15, 0.2) is 45.8 Å². The van der Waals surface area contributed by atoms with Crippen molar-refractivity contribution < 1.29 is 14.3 Å². The Morgan fingerprint density at radius 1 is 1.17 bits per heavy atom. The summed E-state index contributed by atoms with van der Waals surface area (Å²) in [6, 6.07) is 11.2. The first-order chi connectivity index (χ1) is 13.9. The van der Waals surface area contributed by atoms with Crippen LogP contribution in [0.3, 0.4) is 0 Å². The normalized spacial score (nSPS) is 15.3. The molecule has 1 amide bonds. The number of carbonyl (C=O) groups excluding carboxylic acids is 1. The number of likely N-dealkylation sites (N-methyl/N-ethyl adjacent to an activating group) is 1. The number of thioether (sulfide) groups is 1. The van der Waals surface area contributed by atoms with Gasteiger partial charge in [0, 0.05) is 16.0 Å². The first-order valence-electron chi connectivity index (χ1n) is 9.01. The molecule has 0 bridgehead atoms. The molecule has 1 saturated heterocycles. The van der Waals surface area contributed by atoms with E-state index in [9.17, 15) is 4.79 Å². The number of halogens is 2. The number of benzene rings is 2. The maximum absolute atomic E-state index is 12.5. The highest BCUT2D eigenvalue weighted by Gasteiger charge is 2.30. The Balaban J connectivity index is 1.86. The van der Waals surface area contributed by atoms with E-state index in [0.717, 1.165) is 15.6 Å². The van der Waals surface area contributed by atoms with Crippen LogP contribution in [-0.2, 0) is 11.4 Å². The van der Waals surface area contributed by atoms with Crippen LogP contribution < -0.4 is 9.47 Å². The van der Waals surface area contributed by atoms with Gasteiger partial charge < -0.3 is 9.47 Å². The Morgan fingerprint density at radius 2 is 1.86 bits per heavy atom. The van der Waals surface area contributed by atoms with Crippen LogP contribution >= 0.6 is 51.5 Å². The summed E-state index contributed by atoms with van der Waals surface area (Å²) in [5.74, 6) is 1.16. The summed E-state index contributed by atoms with van der Waals surface area (Å²) >= 11 is 16.1. The molecule has 3 rings (SSSR count). The molecular weight excluding hydrogens is 494 g/mol. The van der Waals surface area contributed by atoms with Crippen LogP contribution in [0, 0.1) is 0 Å². The van der Waals surface area contributed by atoms with Crippen LogP contribution in [0.4, 0.5) is 0 Å². The predicted octanol–water partition coefficient (Wildman–Crippen LogP) is 6.30. The maximum atomic E-state index is 12.5. The fourth-order valence-electron chi connectivity index (χ4n) is 2.70. The first kappa shape index (κ1) is 22.2. The number of carbonyl (C=O) groups is 1. The number of hydrogen-bond donors (Lipinski definition) is 0. The van der Waals surface area contributed by atoms with Crippen LogP contribution in [0.1, 0.15) is 25.0 Å². The van der Waals surface area contributed by atoms with Gasteiger partial charge in [0.2, 0.25) is 0 Å². The van der Waals surface area contributed by atoms with Crippen molar-refractivity contribution in [2.75, 3.05) is 13.2 Å². The molecule has 2 aromatic rings. The monoisotopic (exact) mass is 511 g/mol. The van der Waals surface area contributed by atoms with E-state index in [2.05, 4.69) is 15.9 Å². The third-order valence-corrected chi connectivity index (χ3v) is 6.46. The second-order valence-electron chi connectivity index (χ2n) is 6.09. The van der Waals surface area contributed by atoms with E-state index >= 15 is 0 Å². The molecule has 1 aliphatic heterocycles. The van der Waals surface area contributed by atoms with E-state index in [-0.39, 0.29) is 5.91 Å². The van der Waals surface area contributed by atoms with Crippen molar-refractivity contribution in [2.24, 2.45) is 0 Å². The van der Waals surface area contributed by atoms with Gasteiger partial charge in [-0.15, -0.1) is 0 Å². The van der Waals surface area contributed by atoms with Gasteiger partial charge in [-0.1, -0.05) is 63.6 Å². The highest BCUT2D eigenvalue weighted by atomic mass is 79.9. The number of rotatable bonds is 7. The van der Waals surface area contributed by atoms with Crippen molar-refractivity contribution in [3.05, 3.63) is 61.9 Å². The van der Waals surface area contributed by atoms with Gasteiger partial charge >= 0.3 is 0 Å². The van der Waals surface area contributed by atoms with Crippen molar-refractivity contribution in [2.45, 2.75) is 20.5 Å². The van der Waals surface area contributed by atoms with Gasteiger partial charge in [-0.3, -0.25) is 9.69 Å². The Labute approximate surface area is 193 Å². The van der Waals surface area contributed by atoms with E-state index in [4.69, 9.17) is 33.3 Å². The summed E-state index contributed by atoms with van der Waals surface area (Å²) in [6.07, 6.45) is 1.82. The molecule has 29 heavy (non-hydrogen) atoms. The van der Waals surface area contributed by atoms with Crippen LogP contribution in [-0.4, -0.2) is 28.3 Å². The number of thiocarbonyl (C=S) groups is 1. The minimum Gasteiger partial charge on any atom is -0.490 e. The van der Waals surface area contributed by atoms with Gasteiger partial charge in [0.25, 0.3) is 5.91 Å². The zero-order valence-electron chi connectivity index (χ0n) is 15.9. The Bertz CT molecular complexity index is 963. The smallest absolute Gasteiger partial charge is 0.266 e. The van der Waals surface area contributed by atoms with Gasteiger partial charge in [0.1, 0.15) is 10.9 Å². The summed E-state index contributed by atoms with van der Waals surface area (Å²) in [7, 11) is 0. The zero-order chi connectivity index (χ0) is 21.0. The molecule has 1 heterocycles. The summed E-state index contributed by atoms with van der Waals surface area (Å²) < 4.78 is 13.1. The molecular formula is C21H19BrClNO3S2. The molecule has 4 nitrogen and oxygen atoms in total. The summed E-state index contributed by atoms with van der Waals surface area (Å²) in [5, 5.41) is 0.685. The standard InChI is InChI=1S/C21H19BrClNO3S2/c1-3-24-20(25)19(29-21(24)28)10-14-9-17(26-4-2)18(11-16(14)22)27-12-13-5-7-15(23)8-6-13/h5-11H,3-4,12H2,1-2H3/b19-10-. The topological polar surface area (TPSA) is 38.8 Å². The minimum absolute atomic E-state index is 0.0737. The molecule has 152 valence electrons. The first-order valence-corrected chi connectivity index (χ1v) is 11.4. The number of amides is 1. The molecule has 0 aromatic heterocycles. The molecule has 1 fully saturated rings. The average molecular weight is 513 g/mol. The molecule has 1 aliphatic rings. The fourth-order valence-corrected chi connectivity index (χ4v) is 4.64. The molecule has 2 aromatic carbocycles. The Morgan fingerprint density at radius 3 is 2.48 bits per heavy atom. The number of ether oxygens (including phenoxy) is 2. The summed E-state index contributed by atoms with van der Waals surface area (Å²) in [4.78, 5) is 14.7. The summed E-state index contributed by atoms with van der Waals surface area (Å²) in [6.45, 7) is 5.26. The lowest BCUT2D eigenvalue weighted by molar-refractivity contribution is -0.121. The van der Waals surface area contributed by atoms with E-state index in [1.165, 1.54) is 11.8 Å². The van der Waals surface area contributed by atoms with Gasteiger partial charge in [0.05, 0.1) is 11.5 Å². The minimum atomic E-state index is -0.0737. The average Bonchev–Trinajstić information content (AvgIpc) is 2.97. The van der Waals surface area contributed by atoms with Crippen LogP contribution in [0.25, 0.3) is 6.08 Å². The Kier molecular flexibility index (Phi) is 7.62. The van der Waals surface area contributed by atoms with Gasteiger partial charge in [-0.25, -0.2) is 0 Å². The van der Waals surface area contributed by atoms with Crippen molar-refractivity contribution in [1.29, 1.82) is 0 Å². The lowest BCUT2D eigenvalue weighted by Gasteiger charge is -2.14.